The van der Waals surface area contributed by atoms with Gasteiger partial charge in [-0.2, -0.15) is 0 Å². The number of nitrogens with zero attached hydrogens (tertiary/aromatic N) is 1. The topological polar surface area (TPSA) is 96.3 Å². The lowest BCUT2D eigenvalue weighted by Crippen LogP contribution is -2.54. The SMILES string of the molecule is CC(C)C[C@@H]1CCO[C@]2(O)[C@@H](C1)CN(C(=O)OCc1ccccc1)[C@@H]2C(=O)O. The Hall–Kier alpha value is -2.12. The molecule has 28 heavy (non-hydrogen) atoms. The number of carboxylic acids is 1. The zero-order chi connectivity index (χ0) is 20.3. The van der Waals surface area contributed by atoms with E-state index in [4.69, 9.17) is 9.47 Å². The first-order chi connectivity index (χ1) is 13.3. The maximum Gasteiger partial charge on any atom is 0.411 e. The molecule has 3 rings (SSSR count). The average molecular weight is 391 g/mol. The van der Waals surface area contributed by atoms with Gasteiger partial charge in [-0.15, -0.1) is 0 Å². The molecule has 7 heteroatoms. The molecule has 2 aliphatic heterocycles. The van der Waals surface area contributed by atoms with E-state index in [1.807, 2.05) is 30.3 Å². The fraction of sp³-hybridized carbons (Fsp3) is 0.619. The number of rotatable bonds is 5. The van der Waals surface area contributed by atoms with Gasteiger partial charge in [-0.05, 0) is 36.7 Å². The minimum atomic E-state index is -1.89. The number of carbonyl (C=O) groups excluding carboxylic acids is 1. The van der Waals surface area contributed by atoms with E-state index in [9.17, 15) is 19.8 Å². The van der Waals surface area contributed by atoms with Gasteiger partial charge in [0.25, 0.3) is 0 Å². The molecule has 4 atom stereocenters. The number of carboxylic acid groups (broad SMARTS) is 1. The van der Waals surface area contributed by atoms with Gasteiger partial charge in [-0.3, -0.25) is 4.90 Å². The van der Waals surface area contributed by atoms with Crippen molar-refractivity contribution in [1.29, 1.82) is 0 Å². The maximum atomic E-state index is 12.6. The van der Waals surface area contributed by atoms with Crippen LogP contribution in [0.1, 0.15) is 38.7 Å². The van der Waals surface area contributed by atoms with Crippen molar-refractivity contribution in [3.63, 3.8) is 0 Å². The lowest BCUT2D eigenvalue weighted by atomic mass is 9.84. The Morgan fingerprint density at radius 1 is 1.32 bits per heavy atom. The Morgan fingerprint density at radius 3 is 2.68 bits per heavy atom. The van der Waals surface area contributed by atoms with Crippen molar-refractivity contribution < 1.29 is 29.3 Å². The molecular formula is C21H29NO6. The van der Waals surface area contributed by atoms with E-state index in [1.54, 1.807) is 0 Å². The fourth-order valence-corrected chi connectivity index (χ4v) is 4.44. The Labute approximate surface area is 165 Å². The van der Waals surface area contributed by atoms with Crippen LogP contribution in [0.15, 0.2) is 30.3 Å². The molecule has 1 aromatic carbocycles. The smallest absolute Gasteiger partial charge is 0.411 e. The van der Waals surface area contributed by atoms with E-state index in [1.165, 1.54) is 0 Å². The van der Waals surface area contributed by atoms with E-state index >= 15 is 0 Å². The summed E-state index contributed by atoms with van der Waals surface area (Å²) in [5, 5.41) is 20.9. The summed E-state index contributed by atoms with van der Waals surface area (Å²) < 4.78 is 11.0. The van der Waals surface area contributed by atoms with Crippen LogP contribution in [0.3, 0.4) is 0 Å². The van der Waals surface area contributed by atoms with Crippen molar-refractivity contribution >= 4 is 12.1 Å². The van der Waals surface area contributed by atoms with Gasteiger partial charge in [-0.25, -0.2) is 9.59 Å². The molecule has 0 bridgehead atoms. The first-order valence-electron chi connectivity index (χ1n) is 9.87. The van der Waals surface area contributed by atoms with Gasteiger partial charge < -0.3 is 19.7 Å². The van der Waals surface area contributed by atoms with Gasteiger partial charge >= 0.3 is 12.1 Å². The van der Waals surface area contributed by atoms with Crippen molar-refractivity contribution in [3.05, 3.63) is 35.9 Å². The van der Waals surface area contributed by atoms with Crippen molar-refractivity contribution in [2.24, 2.45) is 17.8 Å². The summed E-state index contributed by atoms with van der Waals surface area (Å²) in [6.45, 7) is 4.71. The van der Waals surface area contributed by atoms with Crippen LogP contribution in [0.5, 0.6) is 0 Å². The zero-order valence-electron chi connectivity index (χ0n) is 16.4. The summed E-state index contributed by atoms with van der Waals surface area (Å²) in [4.78, 5) is 25.7. The summed E-state index contributed by atoms with van der Waals surface area (Å²) in [5.41, 5.74) is 0.808. The predicted octanol–water partition coefficient (Wildman–Crippen LogP) is 2.87. The first kappa shape index (κ1) is 20.6. The van der Waals surface area contributed by atoms with Crippen LogP contribution in [0.25, 0.3) is 0 Å². The highest BCUT2D eigenvalue weighted by Gasteiger charge is 2.61. The highest BCUT2D eigenvalue weighted by molar-refractivity contribution is 5.82. The molecule has 2 saturated heterocycles. The third-order valence-electron chi connectivity index (χ3n) is 5.66. The largest absolute Gasteiger partial charge is 0.480 e. The molecule has 2 fully saturated rings. The average Bonchev–Trinajstić information content (AvgIpc) is 2.83. The number of benzene rings is 1. The minimum Gasteiger partial charge on any atom is -0.480 e. The molecule has 0 unspecified atom stereocenters. The standard InChI is InChI=1S/C21H29NO6/c1-14(2)10-16-8-9-28-21(26)17(11-16)12-22(18(21)19(23)24)20(25)27-13-15-6-4-3-5-7-15/h3-7,14,16-18,26H,8-13H2,1-2H3,(H,23,24)/t16-,17-,18+,21+/m0/s1. The molecule has 7 nitrogen and oxygen atoms in total. The highest BCUT2D eigenvalue weighted by atomic mass is 16.6. The second-order valence-corrected chi connectivity index (χ2v) is 8.25. The molecule has 0 radical (unpaired) electrons. The van der Waals surface area contributed by atoms with Gasteiger partial charge in [-0.1, -0.05) is 44.2 Å². The molecule has 1 amide bonds. The molecular weight excluding hydrogens is 362 g/mol. The van der Waals surface area contributed by atoms with Crippen molar-refractivity contribution in [2.75, 3.05) is 13.2 Å². The number of carbonyl (C=O) groups is 2. The Morgan fingerprint density at radius 2 is 2.04 bits per heavy atom. The second kappa shape index (κ2) is 8.49. The van der Waals surface area contributed by atoms with Crippen molar-refractivity contribution in [3.8, 4) is 0 Å². The third-order valence-corrected chi connectivity index (χ3v) is 5.66. The van der Waals surface area contributed by atoms with Gasteiger partial charge in [0.1, 0.15) is 6.61 Å². The predicted molar refractivity (Wildman–Crippen MR) is 101 cm³/mol. The molecule has 2 heterocycles. The van der Waals surface area contributed by atoms with Crippen molar-refractivity contribution in [2.45, 2.75) is 51.5 Å². The lowest BCUT2D eigenvalue weighted by Gasteiger charge is -2.32. The molecule has 2 N–H and O–H groups in total. The monoisotopic (exact) mass is 391 g/mol. The molecule has 0 spiro atoms. The molecule has 0 saturated carbocycles. The molecule has 1 aromatic rings. The lowest BCUT2D eigenvalue weighted by molar-refractivity contribution is -0.234. The number of aliphatic hydroxyl groups is 1. The molecule has 0 aromatic heterocycles. The van der Waals surface area contributed by atoms with Gasteiger partial charge in [0.2, 0.25) is 5.79 Å². The second-order valence-electron chi connectivity index (χ2n) is 8.25. The quantitative estimate of drug-likeness (QED) is 0.801. The Kier molecular flexibility index (Phi) is 6.25. The highest BCUT2D eigenvalue weighted by Crippen LogP contribution is 2.43. The van der Waals surface area contributed by atoms with Crippen LogP contribution in [0, 0.1) is 17.8 Å². The van der Waals surface area contributed by atoms with E-state index in [2.05, 4.69) is 13.8 Å². The van der Waals surface area contributed by atoms with Crippen LogP contribution in [0.4, 0.5) is 4.79 Å². The molecule has 154 valence electrons. The normalized spacial score (nSPS) is 30.0. The fourth-order valence-electron chi connectivity index (χ4n) is 4.44. The first-order valence-corrected chi connectivity index (χ1v) is 9.87. The maximum absolute atomic E-state index is 12.6. The summed E-state index contributed by atoms with van der Waals surface area (Å²) in [7, 11) is 0. The van der Waals surface area contributed by atoms with Crippen LogP contribution < -0.4 is 0 Å². The van der Waals surface area contributed by atoms with E-state index < -0.39 is 29.8 Å². The third kappa shape index (κ3) is 4.31. The number of hydrogen-bond acceptors (Lipinski definition) is 5. The number of hydrogen-bond donors (Lipinski definition) is 2. The number of amides is 1. The molecule has 0 aliphatic carbocycles. The number of likely N-dealkylation sites (tertiary alicyclic amines) is 1. The van der Waals surface area contributed by atoms with E-state index in [0.29, 0.717) is 18.3 Å². The van der Waals surface area contributed by atoms with Crippen LogP contribution >= 0.6 is 0 Å². The zero-order valence-corrected chi connectivity index (χ0v) is 16.4. The number of ether oxygens (including phenoxy) is 2. The minimum absolute atomic E-state index is 0.0441. The van der Waals surface area contributed by atoms with E-state index in [-0.39, 0.29) is 19.8 Å². The van der Waals surface area contributed by atoms with Gasteiger partial charge in [0, 0.05) is 12.5 Å². The summed E-state index contributed by atoms with van der Waals surface area (Å²) in [5.74, 6) is -2.80. The summed E-state index contributed by atoms with van der Waals surface area (Å²) in [6, 6.07) is 7.70. The van der Waals surface area contributed by atoms with Crippen LogP contribution in [0.2, 0.25) is 0 Å². The van der Waals surface area contributed by atoms with Gasteiger partial charge in [0.05, 0.1) is 6.61 Å². The Balaban J connectivity index is 1.74. The summed E-state index contributed by atoms with van der Waals surface area (Å²) in [6.07, 6.45) is 1.64. The van der Waals surface area contributed by atoms with E-state index in [0.717, 1.165) is 23.3 Å². The van der Waals surface area contributed by atoms with Crippen molar-refractivity contribution in [1.82, 2.24) is 4.90 Å². The van der Waals surface area contributed by atoms with Crippen LogP contribution in [-0.4, -0.2) is 52.2 Å². The molecule has 2 aliphatic rings. The number of aliphatic carboxylic acids is 1. The summed E-state index contributed by atoms with van der Waals surface area (Å²) >= 11 is 0. The Bertz CT molecular complexity index is 693. The van der Waals surface area contributed by atoms with Gasteiger partial charge in [0.15, 0.2) is 6.04 Å². The van der Waals surface area contributed by atoms with Crippen LogP contribution in [-0.2, 0) is 20.9 Å². The number of fused-ring (bicyclic) bond motifs is 1.